The van der Waals surface area contributed by atoms with Crippen LogP contribution >= 0.6 is 0 Å². The summed E-state index contributed by atoms with van der Waals surface area (Å²) in [6.07, 6.45) is 9.29. The minimum absolute atomic E-state index is 0.0177. The van der Waals surface area contributed by atoms with Crippen molar-refractivity contribution in [3.63, 3.8) is 0 Å². The monoisotopic (exact) mass is 570 g/mol. The van der Waals surface area contributed by atoms with Gasteiger partial charge in [-0.15, -0.1) is 0 Å². The predicted molar refractivity (Wildman–Crippen MR) is 156 cm³/mol. The molecule has 7 rings (SSSR count). The van der Waals surface area contributed by atoms with Gasteiger partial charge in [0, 0.05) is 11.8 Å². The molecule has 0 aromatic carbocycles. The van der Waals surface area contributed by atoms with E-state index in [1.54, 1.807) is 5.57 Å². The molecular formula is C35H54O6. The normalized spacial score (nSPS) is 53.9. The number of epoxide rings is 1. The second-order valence-electron chi connectivity index (χ2n) is 17.4. The Morgan fingerprint density at radius 2 is 1.63 bits per heavy atom. The fourth-order valence-corrected chi connectivity index (χ4v) is 12.1. The van der Waals surface area contributed by atoms with Gasteiger partial charge in [-0.05, 0) is 110 Å². The van der Waals surface area contributed by atoms with Crippen molar-refractivity contribution < 1.29 is 29.6 Å². The van der Waals surface area contributed by atoms with Crippen LogP contribution in [0, 0.1) is 50.7 Å². The summed E-state index contributed by atoms with van der Waals surface area (Å²) in [6, 6.07) is 0. The molecule has 7 aliphatic rings. The van der Waals surface area contributed by atoms with Gasteiger partial charge in [0.05, 0.1) is 6.10 Å². The van der Waals surface area contributed by atoms with E-state index in [1.165, 1.54) is 6.42 Å². The van der Waals surface area contributed by atoms with E-state index in [0.717, 1.165) is 57.8 Å². The van der Waals surface area contributed by atoms with Gasteiger partial charge in [-0.1, -0.05) is 53.2 Å². The average Bonchev–Trinajstić information content (AvgIpc) is 3.68. The minimum Gasteiger partial charge on any atom is -0.390 e. The maximum absolute atomic E-state index is 13.0. The lowest BCUT2D eigenvalue weighted by Crippen LogP contribution is -2.61. The number of rotatable bonds is 3. The van der Waals surface area contributed by atoms with Crippen LogP contribution in [0.15, 0.2) is 11.6 Å². The zero-order chi connectivity index (χ0) is 29.3. The first-order chi connectivity index (χ1) is 19.1. The number of ether oxygens (including phenoxy) is 2. The third kappa shape index (κ3) is 4.09. The van der Waals surface area contributed by atoms with Gasteiger partial charge in [0.25, 0.3) is 0 Å². The first kappa shape index (κ1) is 29.0. The Morgan fingerprint density at radius 1 is 0.878 bits per heavy atom. The molecule has 6 fully saturated rings. The summed E-state index contributed by atoms with van der Waals surface area (Å²) in [5.41, 5.74) is 2.09. The van der Waals surface area contributed by atoms with Crippen molar-refractivity contribution in [2.24, 2.45) is 50.7 Å². The number of aliphatic hydroxyl groups is 3. The van der Waals surface area contributed by atoms with Gasteiger partial charge < -0.3 is 24.8 Å². The molecule has 6 unspecified atom stereocenters. The van der Waals surface area contributed by atoms with Crippen molar-refractivity contribution >= 4 is 5.78 Å². The van der Waals surface area contributed by atoms with E-state index in [4.69, 9.17) is 9.47 Å². The Kier molecular flexibility index (Phi) is 6.44. The number of aliphatic hydroxyl groups excluding tert-OH is 3. The second-order valence-corrected chi connectivity index (χ2v) is 17.4. The molecule has 0 aromatic rings. The van der Waals surface area contributed by atoms with Crippen LogP contribution < -0.4 is 0 Å². The van der Waals surface area contributed by atoms with E-state index in [0.29, 0.717) is 35.9 Å². The van der Waals surface area contributed by atoms with E-state index < -0.39 is 36.8 Å². The fraction of sp³-hybridized carbons (Fsp3) is 0.914. The summed E-state index contributed by atoms with van der Waals surface area (Å²) < 4.78 is 11.3. The highest BCUT2D eigenvalue weighted by atomic mass is 16.8. The molecule has 0 amide bonds. The molecule has 230 valence electrons. The van der Waals surface area contributed by atoms with Crippen molar-refractivity contribution in [1.29, 1.82) is 0 Å². The standard InChI is InChI=1S/C35H54O6/c1-31(2)15-16-35(18-22(36)28-26(38)27(39)29-30(40-28)41-29)14-9-20-19(21(35)17-31)7-8-24-33(20,5)12-10-23-32(3,4)25(37)11-13-34(23,24)6/h7,20-24,26-30,36,38-39H,8-18H2,1-6H3/t20?,21?,22-,23?,24?,26+,27?,28+,29-,30?,33+,34+,35+/m1/s1. The molecule has 0 radical (unpaired) electrons. The lowest BCUT2D eigenvalue weighted by molar-refractivity contribution is -0.183. The van der Waals surface area contributed by atoms with Crippen LogP contribution in [0.4, 0.5) is 0 Å². The summed E-state index contributed by atoms with van der Waals surface area (Å²) >= 11 is 0. The van der Waals surface area contributed by atoms with Crippen LogP contribution in [-0.2, 0) is 14.3 Å². The maximum atomic E-state index is 13.0. The minimum atomic E-state index is -1.13. The van der Waals surface area contributed by atoms with Gasteiger partial charge in [-0.3, -0.25) is 4.79 Å². The SMILES string of the molecule is CC1(C)CC[C@]2(C[C@@H](O)[C@@H]3OC4O[C@@H]4C(O)[C@@H]3O)CCC3C(=CCC4[C@@]3(C)CCC3C(C)(C)C(=O)CC[C@@]34C)C2C1. The molecule has 6 nitrogen and oxygen atoms in total. The molecule has 6 heteroatoms. The number of hydrogen-bond acceptors (Lipinski definition) is 6. The first-order valence-electron chi connectivity index (χ1n) is 16.7. The molecule has 0 spiro atoms. The Labute approximate surface area is 246 Å². The summed E-state index contributed by atoms with van der Waals surface area (Å²) in [6.45, 7) is 14.4. The van der Waals surface area contributed by atoms with Gasteiger partial charge >= 0.3 is 0 Å². The van der Waals surface area contributed by atoms with E-state index in [2.05, 4.69) is 47.6 Å². The third-order valence-electron chi connectivity index (χ3n) is 14.5. The lowest BCUT2D eigenvalue weighted by atomic mass is 9.37. The van der Waals surface area contributed by atoms with Crippen molar-refractivity contribution in [3.8, 4) is 0 Å². The predicted octanol–water partition coefficient (Wildman–Crippen LogP) is 5.56. The Bertz CT molecular complexity index is 1130. The molecule has 2 saturated heterocycles. The molecule has 0 aromatic heterocycles. The molecule has 13 atom stereocenters. The molecule has 4 saturated carbocycles. The van der Waals surface area contributed by atoms with Crippen LogP contribution in [0.25, 0.3) is 0 Å². The zero-order valence-electron chi connectivity index (χ0n) is 26.2. The number of fused-ring (bicyclic) bond motifs is 8. The molecule has 41 heavy (non-hydrogen) atoms. The Balaban J connectivity index is 1.20. The van der Waals surface area contributed by atoms with Crippen molar-refractivity contribution in [1.82, 2.24) is 0 Å². The van der Waals surface area contributed by atoms with E-state index in [1.807, 2.05) is 0 Å². The van der Waals surface area contributed by atoms with Crippen LogP contribution in [0.2, 0.25) is 0 Å². The summed E-state index contributed by atoms with van der Waals surface area (Å²) in [7, 11) is 0. The van der Waals surface area contributed by atoms with Gasteiger partial charge in [0.1, 0.15) is 30.2 Å². The summed E-state index contributed by atoms with van der Waals surface area (Å²) in [5.74, 6) is 2.50. The lowest BCUT2D eigenvalue weighted by Gasteiger charge is -2.67. The second kappa shape index (κ2) is 9.12. The number of carbonyl (C=O) groups is 1. The van der Waals surface area contributed by atoms with Gasteiger partial charge in [-0.25, -0.2) is 0 Å². The van der Waals surface area contributed by atoms with E-state index in [9.17, 15) is 20.1 Å². The number of Topliss-reactive ketones (excluding diaryl/α,β-unsaturated/α-hetero) is 1. The van der Waals surface area contributed by atoms with Crippen LogP contribution in [0.3, 0.4) is 0 Å². The van der Waals surface area contributed by atoms with Gasteiger partial charge in [-0.2, -0.15) is 0 Å². The largest absolute Gasteiger partial charge is 0.390 e. The highest BCUT2D eigenvalue weighted by molar-refractivity contribution is 5.85. The number of hydrogen-bond donors (Lipinski definition) is 3. The summed E-state index contributed by atoms with van der Waals surface area (Å²) in [5, 5.41) is 32.8. The zero-order valence-corrected chi connectivity index (χ0v) is 26.2. The van der Waals surface area contributed by atoms with Crippen LogP contribution in [0.1, 0.15) is 112 Å². The highest BCUT2D eigenvalue weighted by Gasteiger charge is 2.65. The first-order valence-corrected chi connectivity index (χ1v) is 16.7. The van der Waals surface area contributed by atoms with Crippen molar-refractivity contribution in [2.75, 3.05) is 0 Å². The van der Waals surface area contributed by atoms with Gasteiger partial charge in [0.2, 0.25) is 0 Å². The molecule has 3 N–H and O–H groups in total. The topological polar surface area (TPSA) is 99.5 Å². The quantitative estimate of drug-likeness (QED) is 0.303. The Hall–Kier alpha value is -0.790. The van der Waals surface area contributed by atoms with Crippen LogP contribution in [0.5, 0.6) is 0 Å². The number of ketones is 1. The van der Waals surface area contributed by atoms with Crippen LogP contribution in [-0.4, -0.2) is 57.9 Å². The van der Waals surface area contributed by atoms with E-state index >= 15 is 0 Å². The summed E-state index contributed by atoms with van der Waals surface area (Å²) in [4.78, 5) is 13.0. The number of carbonyl (C=O) groups excluding carboxylic acids is 1. The molecule has 0 bridgehead atoms. The molecular weight excluding hydrogens is 516 g/mol. The average molecular weight is 571 g/mol. The molecule has 5 aliphatic carbocycles. The number of allylic oxidation sites excluding steroid dienone is 2. The maximum Gasteiger partial charge on any atom is 0.187 e. The molecule has 2 heterocycles. The van der Waals surface area contributed by atoms with Crippen molar-refractivity contribution in [3.05, 3.63) is 11.6 Å². The van der Waals surface area contributed by atoms with Gasteiger partial charge in [0.15, 0.2) is 6.29 Å². The van der Waals surface area contributed by atoms with E-state index in [-0.39, 0.29) is 27.1 Å². The smallest absolute Gasteiger partial charge is 0.187 e. The van der Waals surface area contributed by atoms with Crippen molar-refractivity contribution in [2.45, 2.75) is 149 Å². The Morgan fingerprint density at radius 3 is 2.39 bits per heavy atom. The highest BCUT2D eigenvalue weighted by Crippen LogP contribution is 2.72. The molecule has 2 aliphatic heterocycles. The fourth-order valence-electron chi connectivity index (χ4n) is 12.1. The third-order valence-corrected chi connectivity index (χ3v) is 14.5.